The number of fused-ring (bicyclic) bond motifs is 2. The zero-order valence-electron chi connectivity index (χ0n) is 18.1. The SMILES string of the molecule is c1cc2ccc3c(-c4nc5ccccc5[nH]4)cc(-c4nc5ccccc5[nH]4)c4ccc(c1)c2c34. The first kappa shape index (κ1) is 17.8. The summed E-state index contributed by atoms with van der Waals surface area (Å²) in [4.78, 5) is 17.0. The van der Waals surface area contributed by atoms with E-state index in [1.807, 2.05) is 36.4 Å². The third-order valence-corrected chi connectivity index (χ3v) is 6.93. The smallest absolute Gasteiger partial charge is 0.139 e. The highest BCUT2D eigenvalue weighted by Gasteiger charge is 2.19. The molecule has 0 spiro atoms. The van der Waals surface area contributed by atoms with Crippen molar-refractivity contribution in [2.75, 3.05) is 0 Å². The fourth-order valence-electron chi connectivity index (χ4n) is 5.38. The van der Waals surface area contributed by atoms with Crippen molar-refractivity contribution in [3.05, 3.63) is 97.1 Å². The number of rotatable bonds is 2. The van der Waals surface area contributed by atoms with Crippen molar-refractivity contribution in [1.29, 1.82) is 0 Å². The number of para-hydroxylation sites is 4. The van der Waals surface area contributed by atoms with Crippen molar-refractivity contribution in [2.45, 2.75) is 0 Å². The van der Waals surface area contributed by atoms with E-state index in [1.165, 1.54) is 32.3 Å². The predicted molar refractivity (Wildman–Crippen MR) is 140 cm³/mol. The maximum Gasteiger partial charge on any atom is 0.139 e. The molecule has 4 nitrogen and oxygen atoms in total. The van der Waals surface area contributed by atoms with Crippen molar-refractivity contribution < 1.29 is 0 Å². The Bertz CT molecular complexity index is 1820. The van der Waals surface area contributed by atoms with Crippen LogP contribution in [-0.4, -0.2) is 19.9 Å². The summed E-state index contributed by atoms with van der Waals surface area (Å²) >= 11 is 0. The van der Waals surface area contributed by atoms with Gasteiger partial charge in [-0.15, -0.1) is 0 Å². The maximum absolute atomic E-state index is 4.96. The molecule has 2 aromatic heterocycles. The van der Waals surface area contributed by atoms with Gasteiger partial charge in [-0.1, -0.05) is 66.7 Å². The largest absolute Gasteiger partial charge is 0.338 e. The molecule has 0 saturated carbocycles. The number of nitrogens with zero attached hydrogens (tertiary/aromatic N) is 2. The van der Waals surface area contributed by atoms with Gasteiger partial charge in [-0.3, -0.25) is 0 Å². The first-order valence-corrected chi connectivity index (χ1v) is 11.4. The minimum Gasteiger partial charge on any atom is -0.338 e. The molecule has 8 aromatic rings. The Morgan fingerprint density at radius 3 is 1.53 bits per heavy atom. The molecule has 0 saturated heterocycles. The molecule has 6 aromatic carbocycles. The van der Waals surface area contributed by atoms with Crippen LogP contribution in [0.15, 0.2) is 97.1 Å². The molecule has 0 fully saturated rings. The molecule has 2 N–H and O–H groups in total. The van der Waals surface area contributed by atoms with Crippen molar-refractivity contribution >= 4 is 54.4 Å². The van der Waals surface area contributed by atoms with Crippen LogP contribution in [0.4, 0.5) is 0 Å². The second-order valence-electron chi connectivity index (χ2n) is 8.86. The van der Waals surface area contributed by atoms with E-state index in [1.54, 1.807) is 0 Å². The second kappa shape index (κ2) is 6.42. The lowest BCUT2D eigenvalue weighted by Gasteiger charge is -2.16. The number of hydrogen-bond acceptors (Lipinski definition) is 2. The van der Waals surface area contributed by atoms with E-state index in [-0.39, 0.29) is 0 Å². The Hall–Kier alpha value is -4.70. The van der Waals surface area contributed by atoms with Crippen LogP contribution in [0.3, 0.4) is 0 Å². The van der Waals surface area contributed by atoms with Crippen molar-refractivity contribution in [3.63, 3.8) is 0 Å². The number of aromatic amines is 2. The summed E-state index contributed by atoms with van der Waals surface area (Å²) in [5.74, 6) is 1.74. The van der Waals surface area contributed by atoms with E-state index >= 15 is 0 Å². The van der Waals surface area contributed by atoms with Gasteiger partial charge in [-0.2, -0.15) is 0 Å². The summed E-state index contributed by atoms with van der Waals surface area (Å²) in [7, 11) is 0. The monoisotopic (exact) mass is 434 g/mol. The fourth-order valence-corrected chi connectivity index (χ4v) is 5.38. The van der Waals surface area contributed by atoms with Crippen molar-refractivity contribution in [2.24, 2.45) is 0 Å². The molecular weight excluding hydrogens is 416 g/mol. The standard InChI is InChI=1S/C30H18N4/c1-2-9-24-23(8-1)31-29(32-24)21-16-22(30-33-25-10-3-4-11-26(25)34-30)20-15-13-18-7-5-6-17-12-14-19(21)28(20)27(17)18/h1-16H,(H,31,32)(H,33,34). The lowest BCUT2D eigenvalue weighted by atomic mass is 9.89. The molecular formula is C30H18N4. The summed E-state index contributed by atoms with van der Waals surface area (Å²) in [6.07, 6.45) is 0. The number of aromatic nitrogens is 4. The Morgan fingerprint density at radius 2 is 1.00 bits per heavy atom. The molecule has 0 amide bonds. The molecule has 0 unspecified atom stereocenters. The van der Waals surface area contributed by atoms with E-state index in [9.17, 15) is 0 Å². The summed E-state index contributed by atoms with van der Waals surface area (Å²) in [6, 6.07) is 34.0. The normalized spacial score (nSPS) is 12.1. The Kier molecular flexibility index (Phi) is 3.36. The average Bonchev–Trinajstić information content (AvgIpc) is 3.51. The van der Waals surface area contributed by atoms with E-state index in [0.29, 0.717) is 0 Å². The number of nitrogens with one attached hydrogen (secondary N) is 2. The third-order valence-electron chi connectivity index (χ3n) is 6.93. The number of H-pyrrole nitrogens is 2. The van der Waals surface area contributed by atoms with Gasteiger partial charge in [0.05, 0.1) is 22.1 Å². The summed E-state index contributed by atoms with van der Waals surface area (Å²) < 4.78 is 0. The minimum atomic E-state index is 0.872. The summed E-state index contributed by atoms with van der Waals surface area (Å²) in [6.45, 7) is 0. The Morgan fingerprint density at radius 1 is 0.471 bits per heavy atom. The highest BCUT2D eigenvalue weighted by molar-refractivity contribution is 6.27. The van der Waals surface area contributed by atoms with E-state index < -0.39 is 0 Å². The quantitative estimate of drug-likeness (QED) is 0.274. The molecule has 0 aliphatic rings. The molecule has 4 heteroatoms. The maximum atomic E-state index is 4.96. The van der Waals surface area contributed by atoms with Gasteiger partial charge in [0, 0.05) is 11.1 Å². The summed E-state index contributed by atoms with van der Waals surface area (Å²) in [5, 5.41) is 7.41. The molecule has 34 heavy (non-hydrogen) atoms. The van der Waals surface area contributed by atoms with E-state index in [0.717, 1.165) is 44.8 Å². The van der Waals surface area contributed by atoms with Gasteiger partial charge >= 0.3 is 0 Å². The van der Waals surface area contributed by atoms with Gasteiger partial charge in [-0.25, -0.2) is 9.97 Å². The van der Waals surface area contributed by atoms with Crippen LogP contribution in [0.2, 0.25) is 0 Å². The molecule has 158 valence electrons. The van der Waals surface area contributed by atoms with Gasteiger partial charge in [0.15, 0.2) is 0 Å². The Balaban J connectivity index is 1.55. The molecule has 0 aliphatic carbocycles. The van der Waals surface area contributed by atoms with Crippen LogP contribution in [0.25, 0.3) is 77.2 Å². The van der Waals surface area contributed by atoms with Crippen LogP contribution in [-0.2, 0) is 0 Å². The topological polar surface area (TPSA) is 57.4 Å². The van der Waals surface area contributed by atoms with Gasteiger partial charge in [0.2, 0.25) is 0 Å². The van der Waals surface area contributed by atoms with Crippen LogP contribution in [0.5, 0.6) is 0 Å². The predicted octanol–water partition coefficient (Wildman–Crippen LogP) is 7.67. The molecule has 0 bridgehead atoms. The first-order valence-electron chi connectivity index (χ1n) is 11.4. The molecule has 8 rings (SSSR count). The van der Waals surface area contributed by atoms with Gasteiger partial charge < -0.3 is 9.97 Å². The van der Waals surface area contributed by atoms with Crippen molar-refractivity contribution in [3.8, 4) is 22.8 Å². The molecule has 0 atom stereocenters. The van der Waals surface area contributed by atoms with Crippen LogP contribution in [0, 0.1) is 0 Å². The van der Waals surface area contributed by atoms with Crippen molar-refractivity contribution in [1.82, 2.24) is 19.9 Å². The Labute approximate surface area is 194 Å². The molecule has 0 radical (unpaired) electrons. The zero-order valence-corrected chi connectivity index (χ0v) is 18.1. The van der Waals surface area contributed by atoms with E-state index in [2.05, 4.69) is 70.6 Å². The molecule has 0 aliphatic heterocycles. The number of hydrogen-bond donors (Lipinski definition) is 2. The second-order valence-corrected chi connectivity index (χ2v) is 8.86. The fraction of sp³-hybridized carbons (Fsp3) is 0. The lowest BCUT2D eigenvalue weighted by Crippen LogP contribution is -1.92. The van der Waals surface area contributed by atoms with Gasteiger partial charge in [-0.05, 0) is 62.6 Å². The van der Waals surface area contributed by atoms with Crippen LogP contribution in [0.1, 0.15) is 0 Å². The van der Waals surface area contributed by atoms with Gasteiger partial charge in [0.25, 0.3) is 0 Å². The highest BCUT2D eigenvalue weighted by Crippen LogP contribution is 2.43. The number of benzene rings is 6. The minimum absolute atomic E-state index is 0.872. The zero-order chi connectivity index (χ0) is 22.2. The van der Waals surface area contributed by atoms with Crippen LogP contribution >= 0.6 is 0 Å². The average molecular weight is 435 g/mol. The lowest BCUT2D eigenvalue weighted by molar-refractivity contribution is 1.33. The first-order chi connectivity index (χ1) is 16.8. The molecule has 2 heterocycles. The van der Waals surface area contributed by atoms with Crippen LogP contribution < -0.4 is 0 Å². The summed E-state index contributed by atoms with van der Waals surface area (Å²) in [5.41, 5.74) is 6.17. The van der Waals surface area contributed by atoms with E-state index in [4.69, 9.17) is 9.97 Å². The highest BCUT2D eigenvalue weighted by atomic mass is 14.9. The number of imidazole rings is 2. The third kappa shape index (κ3) is 2.37. The van der Waals surface area contributed by atoms with Gasteiger partial charge in [0.1, 0.15) is 11.6 Å².